The van der Waals surface area contributed by atoms with E-state index in [0.29, 0.717) is 13.0 Å². The van der Waals surface area contributed by atoms with Gasteiger partial charge >= 0.3 is 0 Å². The molecule has 0 spiro atoms. The van der Waals surface area contributed by atoms with Gasteiger partial charge in [0.15, 0.2) is 4.87 Å². The second-order valence-electron chi connectivity index (χ2n) is 5.34. The monoisotopic (exact) mass is 373 g/mol. The highest BCUT2D eigenvalue weighted by Gasteiger charge is 2.82. The summed E-state index contributed by atoms with van der Waals surface area (Å²) in [4.78, 5) is 2.74. The van der Waals surface area contributed by atoms with E-state index in [-0.39, 0.29) is 16.0 Å². The van der Waals surface area contributed by atoms with Crippen LogP contribution in [0.3, 0.4) is 0 Å². The van der Waals surface area contributed by atoms with Gasteiger partial charge in [-0.05, 0) is 5.57 Å². The van der Waals surface area contributed by atoms with Gasteiger partial charge in [0.2, 0.25) is 5.79 Å². The number of ether oxygens (including phenoxy) is 2. The molecule has 1 aliphatic heterocycles. The first-order chi connectivity index (χ1) is 9.82. The zero-order valence-electron chi connectivity index (χ0n) is 11.7. The van der Waals surface area contributed by atoms with Crippen LogP contribution in [0.4, 0.5) is 0 Å². The van der Waals surface area contributed by atoms with Crippen molar-refractivity contribution >= 4 is 46.4 Å². The van der Waals surface area contributed by atoms with Gasteiger partial charge in [-0.25, -0.2) is 0 Å². The molecule has 1 saturated heterocycles. The van der Waals surface area contributed by atoms with Crippen LogP contribution in [0, 0.1) is 5.92 Å². The molecule has 2 aliphatic carbocycles. The molecule has 21 heavy (non-hydrogen) atoms. The van der Waals surface area contributed by atoms with Gasteiger partial charge in [-0.2, -0.15) is 0 Å². The van der Waals surface area contributed by atoms with Gasteiger partial charge in [0.05, 0.1) is 16.7 Å². The maximum absolute atomic E-state index is 6.93. The molecule has 2 fully saturated rings. The van der Waals surface area contributed by atoms with Crippen LogP contribution in [-0.2, 0) is 14.3 Å². The molecule has 0 radical (unpaired) electrons. The van der Waals surface area contributed by atoms with Crippen molar-refractivity contribution in [3.63, 3.8) is 0 Å². The average Bonchev–Trinajstić information content (AvgIpc) is 3.06. The fraction of sp³-hybridized carbons (Fsp3) is 0.692. The average molecular weight is 375 g/mol. The van der Waals surface area contributed by atoms with Gasteiger partial charge in [0.1, 0.15) is 4.87 Å². The summed E-state index contributed by atoms with van der Waals surface area (Å²) in [5.41, 5.74) is 4.53. The highest BCUT2D eigenvalue weighted by atomic mass is 35.5. The summed E-state index contributed by atoms with van der Waals surface area (Å²) in [7, 11) is 2.96. The molecule has 1 N–H and O–H groups in total. The van der Waals surface area contributed by atoms with E-state index in [2.05, 4.69) is 5.48 Å². The Kier molecular flexibility index (Phi) is 3.78. The molecule has 3 aliphatic rings. The number of rotatable bonds is 2. The zero-order chi connectivity index (χ0) is 15.6. The summed E-state index contributed by atoms with van der Waals surface area (Å²) >= 11 is 26.6. The summed E-state index contributed by atoms with van der Waals surface area (Å²) in [5.74, 6) is -1.63. The molecule has 118 valence electrons. The smallest absolute Gasteiger partial charge is 0.221 e. The van der Waals surface area contributed by atoms with E-state index < -0.39 is 15.5 Å². The van der Waals surface area contributed by atoms with Crippen molar-refractivity contribution in [3.05, 3.63) is 21.3 Å². The van der Waals surface area contributed by atoms with E-state index in [1.807, 2.05) is 6.92 Å². The molecule has 1 heterocycles. The van der Waals surface area contributed by atoms with Crippen LogP contribution in [0.1, 0.15) is 13.3 Å². The number of hydroxylamine groups is 1. The van der Waals surface area contributed by atoms with Crippen molar-refractivity contribution < 1.29 is 14.3 Å². The molecular formula is C13H15Cl4NO3. The molecular weight excluding hydrogens is 360 g/mol. The van der Waals surface area contributed by atoms with Gasteiger partial charge in [-0.1, -0.05) is 30.1 Å². The van der Waals surface area contributed by atoms with Crippen LogP contribution in [0.2, 0.25) is 0 Å². The number of nitrogens with one attached hydrogen (secondary N) is 1. The second-order valence-corrected chi connectivity index (χ2v) is 7.26. The minimum Gasteiger partial charge on any atom is -0.349 e. The molecule has 0 aromatic heterocycles. The van der Waals surface area contributed by atoms with Gasteiger partial charge < -0.3 is 9.47 Å². The third-order valence-electron chi connectivity index (χ3n) is 4.70. The van der Waals surface area contributed by atoms with Crippen molar-refractivity contribution in [2.45, 2.75) is 28.9 Å². The highest BCUT2D eigenvalue weighted by molar-refractivity contribution is 6.53. The maximum atomic E-state index is 6.93. The number of hydrogen-bond donors (Lipinski definition) is 1. The van der Waals surface area contributed by atoms with Crippen LogP contribution in [0.25, 0.3) is 0 Å². The van der Waals surface area contributed by atoms with Gasteiger partial charge in [0.25, 0.3) is 0 Å². The van der Waals surface area contributed by atoms with Gasteiger partial charge in [-0.3, -0.25) is 10.3 Å². The lowest BCUT2D eigenvalue weighted by atomic mass is 9.87. The molecule has 0 aromatic carbocycles. The Balaban J connectivity index is 2.34. The van der Waals surface area contributed by atoms with Crippen LogP contribution in [0.15, 0.2) is 21.3 Å². The summed E-state index contributed by atoms with van der Waals surface area (Å²) in [6.07, 6.45) is 0.687. The first-order valence-electron chi connectivity index (χ1n) is 6.48. The molecule has 1 saturated carbocycles. The quantitative estimate of drug-likeness (QED) is 0.593. The first kappa shape index (κ1) is 16.2. The Labute approximate surface area is 143 Å². The summed E-state index contributed by atoms with van der Waals surface area (Å²) in [5, 5.41) is 0.499. The summed E-state index contributed by atoms with van der Waals surface area (Å²) in [6, 6.07) is 0. The van der Waals surface area contributed by atoms with E-state index in [0.717, 1.165) is 11.3 Å². The number of hydrogen-bond acceptors (Lipinski definition) is 4. The van der Waals surface area contributed by atoms with Crippen molar-refractivity contribution in [2.75, 3.05) is 20.8 Å². The van der Waals surface area contributed by atoms with Gasteiger partial charge in [-0.15, -0.1) is 23.2 Å². The van der Waals surface area contributed by atoms with Crippen molar-refractivity contribution in [3.8, 4) is 0 Å². The molecule has 3 atom stereocenters. The fourth-order valence-electron chi connectivity index (χ4n) is 3.78. The third-order valence-corrected chi connectivity index (χ3v) is 7.35. The summed E-state index contributed by atoms with van der Waals surface area (Å²) < 4.78 is 11.3. The summed E-state index contributed by atoms with van der Waals surface area (Å²) in [6.45, 7) is 2.48. The molecule has 3 rings (SSSR count). The molecule has 4 nitrogen and oxygen atoms in total. The van der Waals surface area contributed by atoms with Crippen molar-refractivity contribution in [1.29, 1.82) is 0 Å². The number of methoxy groups -OCH3 is 2. The number of fused-ring (bicyclic) bond motifs is 2. The Morgan fingerprint density at radius 1 is 1.19 bits per heavy atom. The largest absolute Gasteiger partial charge is 0.349 e. The van der Waals surface area contributed by atoms with Crippen LogP contribution >= 0.6 is 46.4 Å². The highest BCUT2D eigenvalue weighted by Crippen LogP contribution is 2.74. The Bertz CT molecular complexity index is 552. The minimum absolute atomic E-state index is 0.235. The Morgan fingerprint density at radius 2 is 1.81 bits per heavy atom. The molecule has 2 bridgehead atoms. The SMILES string of the molecule is COC1(OC)[C@]2(Cl)C(Cl)=C(Cl)[C@@]1(Cl)C(C)C2=C1CCON1. The van der Waals surface area contributed by atoms with E-state index in [9.17, 15) is 0 Å². The van der Waals surface area contributed by atoms with Crippen LogP contribution in [0.5, 0.6) is 0 Å². The second kappa shape index (κ2) is 4.91. The maximum Gasteiger partial charge on any atom is 0.221 e. The number of alkyl halides is 2. The predicted octanol–water partition coefficient (Wildman–Crippen LogP) is 3.46. The number of halogens is 4. The lowest BCUT2D eigenvalue weighted by Crippen LogP contribution is -2.57. The standard InChI is InChI=1S/C13H15Cl4NO3/c1-6-8(7-4-5-21-18-7)12(17)10(15)9(14)11(6,16)13(12,19-2)20-3/h6,18H,4-5H2,1-3H3/t6?,11-,12+/m0/s1. The van der Waals surface area contributed by atoms with Crippen molar-refractivity contribution in [2.24, 2.45) is 5.92 Å². The lowest BCUT2D eigenvalue weighted by Gasteiger charge is -2.40. The van der Waals surface area contributed by atoms with Crippen LogP contribution < -0.4 is 5.48 Å². The molecule has 0 aromatic rings. The first-order valence-corrected chi connectivity index (χ1v) is 7.99. The third kappa shape index (κ3) is 1.50. The molecule has 1 unspecified atom stereocenters. The Hall–Kier alpha value is 0.320. The van der Waals surface area contributed by atoms with E-state index in [4.69, 9.17) is 60.7 Å². The predicted molar refractivity (Wildman–Crippen MR) is 82.5 cm³/mol. The van der Waals surface area contributed by atoms with Gasteiger partial charge in [0, 0.05) is 32.3 Å². The minimum atomic E-state index is -1.39. The van der Waals surface area contributed by atoms with Crippen LogP contribution in [-0.4, -0.2) is 36.4 Å². The Morgan fingerprint density at radius 3 is 2.24 bits per heavy atom. The molecule has 8 heteroatoms. The van der Waals surface area contributed by atoms with E-state index in [1.54, 1.807) is 0 Å². The van der Waals surface area contributed by atoms with E-state index >= 15 is 0 Å². The topological polar surface area (TPSA) is 39.7 Å². The zero-order valence-corrected chi connectivity index (χ0v) is 14.8. The fourth-order valence-corrected chi connectivity index (χ4v) is 5.91. The molecule has 0 amide bonds. The lowest BCUT2D eigenvalue weighted by molar-refractivity contribution is -0.217. The van der Waals surface area contributed by atoms with E-state index in [1.165, 1.54) is 14.2 Å². The van der Waals surface area contributed by atoms with Crippen molar-refractivity contribution in [1.82, 2.24) is 5.48 Å². The normalized spacial score (nSPS) is 44.6.